The van der Waals surface area contributed by atoms with E-state index in [1.54, 1.807) is 0 Å². The van der Waals surface area contributed by atoms with Crippen LogP contribution in [0, 0.1) is 0 Å². The van der Waals surface area contributed by atoms with Crippen LogP contribution in [0.1, 0.15) is 13.8 Å². The highest BCUT2D eigenvalue weighted by Crippen LogP contribution is 1.98. The number of nitrogens with zero attached hydrogens (tertiary/aromatic N) is 1. The van der Waals surface area contributed by atoms with E-state index in [1.165, 1.54) is 12.3 Å². The molecule has 0 fully saturated rings. The lowest BCUT2D eigenvalue weighted by molar-refractivity contribution is -0.544. The summed E-state index contributed by atoms with van der Waals surface area (Å²) in [6, 6.07) is 0.309. The number of carbonyl (C=O) groups is 1. The molecular formula is C8H12NO2+. The van der Waals surface area contributed by atoms with Crippen molar-refractivity contribution < 1.29 is 14.5 Å². The summed E-state index contributed by atoms with van der Waals surface area (Å²) >= 11 is 0. The number of rotatable bonds is 1. The first kappa shape index (κ1) is 7.98. The van der Waals surface area contributed by atoms with Crippen molar-refractivity contribution >= 4 is 12.0 Å². The van der Waals surface area contributed by atoms with E-state index < -0.39 is 0 Å². The molecular weight excluding hydrogens is 142 g/mol. The van der Waals surface area contributed by atoms with Crippen molar-refractivity contribution in [2.75, 3.05) is 6.54 Å². The predicted octanol–water partition coefficient (Wildman–Crippen LogP) is 0.503. The van der Waals surface area contributed by atoms with Crippen LogP contribution in [-0.4, -0.2) is 34.3 Å². The number of hydrogen-bond acceptors (Lipinski definition) is 2. The summed E-state index contributed by atoms with van der Waals surface area (Å²) in [4.78, 5) is 10.9. The molecule has 1 heterocycles. The Labute approximate surface area is 65.7 Å². The molecule has 0 amide bonds. The Morgan fingerprint density at radius 2 is 2.27 bits per heavy atom. The van der Waals surface area contributed by atoms with Gasteiger partial charge in [-0.1, -0.05) is 0 Å². The Kier molecular flexibility index (Phi) is 2.08. The molecule has 1 aliphatic rings. The van der Waals surface area contributed by atoms with Crippen molar-refractivity contribution in [3.05, 3.63) is 11.8 Å². The summed E-state index contributed by atoms with van der Waals surface area (Å²) in [5.41, 5.74) is 0. The Morgan fingerprint density at radius 1 is 1.64 bits per heavy atom. The first-order valence-electron chi connectivity index (χ1n) is 3.65. The lowest BCUT2D eigenvalue weighted by atomic mass is 10.2. The van der Waals surface area contributed by atoms with Crippen LogP contribution >= 0.6 is 0 Å². The summed E-state index contributed by atoms with van der Waals surface area (Å²) in [5, 5.41) is 8.93. The van der Waals surface area contributed by atoms with Crippen molar-refractivity contribution in [3.63, 3.8) is 0 Å². The zero-order valence-corrected chi connectivity index (χ0v) is 6.74. The molecule has 0 saturated carbocycles. The average molecular weight is 154 g/mol. The largest absolute Gasteiger partial charge is 0.504 e. The maximum Gasteiger partial charge on any atom is 0.282 e. The fourth-order valence-electron chi connectivity index (χ4n) is 0.922. The molecule has 60 valence electrons. The summed E-state index contributed by atoms with van der Waals surface area (Å²) < 4.78 is 1.88. The third-order valence-electron chi connectivity index (χ3n) is 1.69. The van der Waals surface area contributed by atoms with Gasteiger partial charge in [0, 0.05) is 6.08 Å². The minimum absolute atomic E-state index is 0.137. The van der Waals surface area contributed by atoms with Crippen LogP contribution < -0.4 is 0 Å². The van der Waals surface area contributed by atoms with Crippen LogP contribution in [0.5, 0.6) is 0 Å². The molecule has 0 radical (unpaired) electrons. The maximum atomic E-state index is 10.9. The van der Waals surface area contributed by atoms with Crippen molar-refractivity contribution in [1.82, 2.24) is 0 Å². The molecule has 0 aromatic carbocycles. The van der Waals surface area contributed by atoms with Crippen molar-refractivity contribution in [2.24, 2.45) is 0 Å². The van der Waals surface area contributed by atoms with Crippen LogP contribution in [0.3, 0.4) is 0 Å². The van der Waals surface area contributed by atoms with E-state index in [0.29, 0.717) is 12.6 Å². The molecule has 0 aliphatic carbocycles. The average Bonchev–Trinajstić information content (AvgIpc) is 1.94. The predicted molar refractivity (Wildman–Crippen MR) is 42.0 cm³/mol. The van der Waals surface area contributed by atoms with Gasteiger partial charge in [0.25, 0.3) is 5.78 Å². The minimum Gasteiger partial charge on any atom is -0.504 e. The molecule has 3 heteroatoms. The van der Waals surface area contributed by atoms with E-state index in [1.807, 2.05) is 18.4 Å². The van der Waals surface area contributed by atoms with Gasteiger partial charge < -0.3 is 5.11 Å². The number of carbonyl (C=O) groups excluding carboxylic acids is 1. The molecule has 0 unspecified atom stereocenters. The second-order valence-corrected chi connectivity index (χ2v) is 2.87. The zero-order chi connectivity index (χ0) is 8.43. The van der Waals surface area contributed by atoms with Crippen molar-refractivity contribution in [2.45, 2.75) is 19.9 Å². The van der Waals surface area contributed by atoms with E-state index in [9.17, 15) is 4.79 Å². The number of allylic oxidation sites excluding steroid dienone is 1. The Bertz CT molecular complexity index is 238. The van der Waals surface area contributed by atoms with Gasteiger partial charge >= 0.3 is 0 Å². The van der Waals surface area contributed by atoms with E-state index in [2.05, 4.69) is 0 Å². The third-order valence-corrected chi connectivity index (χ3v) is 1.69. The van der Waals surface area contributed by atoms with Gasteiger partial charge in [-0.15, -0.1) is 0 Å². The molecule has 0 aromatic rings. The normalized spacial score (nSPS) is 18.3. The highest BCUT2D eigenvalue weighted by atomic mass is 16.3. The lowest BCUT2D eigenvalue weighted by Crippen LogP contribution is -2.29. The van der Waals surface area contributed by atoms with E-state index in [-0.39, 0.29) is 11.5 Å². The smallest absolute Gasteiger partial charge is 0.282 e. The number of ketones is 1. The number of hydrogen-bond donors (Lipinski definition) is 1. The fourth-order valence-corrected chi connectivity index (χ4v) is 0.922. The molecule has 0 atom stereocenters. The molecule has 1 N–H and O–H groups in total. The van der Waals surface area contributed by atoms with Crippen LogP contribution in [0.15, 0.2) is 11.8 Å². The van der Waals surface area contributed by atoms with Gasteiger partial charge in [-0.25, -0.2) is 4.58 Å². The summed E-state index contributed by atoms with van der Waals surface area (Å²) in [7, 11) is 0. The maximum absolute atomic E-state index is 10.9. The van der Waals surface area contributed by atoms with Gasteiger partial charge in [-0.05, 0) is 13.8 Å². The number of Topliss-reactive ketones (excluding diaryl/α,β-unsaturated/α-hetero) is 1. The fraction of sp³-hybridized carbons (Fsp3) is 0.500. The molecule has 3 nitrogen and oxygen atoms in total. The highest BCUT2D eigenvalue weighted by Gasteiger charge is 2.19. The SMILES string of the molecule is CC(C)[N+]1=CC(=O)C(O)=CC1. The standard InChI is InChI=1S/C8H11NO2/c1-6(2)9-4-3-7(10)8(11)5-9/h3,5-6H,4H2,1-2H3/p+1. The third kappa shape index (κ3) is 1.67. The zero-order valence-electron chi connectivity index (χ0n) is 6.74. The van der Waals surface area contributed by atoms with Crippen molar-refractivity contribution in [1.29, 1.82) is 0 Å². The minimum atomic E-state index is -0.301. The molecule has 0 aromatic heterocycles. The van der Waals surface area contributed by atoms with E-state index >= 15 is 0 Å². The molecule has 1 rings (SSSR count). The van der Waals surface area contributed by atoms with Gasteiger partial charge in [0.2, 0.25) is 6.21 Å². The summed E-state index contributed by atoms with van der Waals surface area (Å²) in [6.45, 7) is 4.62. The Balaban J connectivity index is 2.78. The van der Waals surface area contributed by atoms with Gasteiger partial charge in [0.15, 0.2) is 12.3 Å². The molecule has 0 spiro atoms. The second-order valence-electron chi connectivity index (χ2n) is 2.87. The van der Waals surface area contributed by atoms with Crippen LogP contribution in [-0.2, 0) is 4.79 Å². The van der Waals surface area contributed by atoms with Crippen LogP contribution in [0.25, 0.3) is 0 Å². The molecule has 1 aliphatic heterocycles. The molecule has 11 heavy (non-hydrogen) atoms. The van der Waals surface area contributed by atoms with Crippen LogP contribution in [0.4, 0.5) is 0 Å². The van der Waals surface area contributed by atoms with Gasteiger partial charge in [0.05, 0.1) is 0 Å². The number of aliphatic hydroxyl groups excluding tert-OH is 1. The second kappa shape index (κ2) is 2.86. The van der Waals surface area contributed by atoms with Gasteiger partial charge in [0.1, 0.15) is 6.04 Å². The first-order chi connectivity index (χ1) is 5.11. The Hall–Kier alpha value is -1.12. The van der Waals surface area contributed by atoms with Gasteiger partial charge in [-0.3, -0.25) is 4.79 Å². The van der Waals surface area contributed by atoms with E-state index in [4.69, 9.17) is 5.11 Å². The summed E-state index contributed by atoms with van der Waals surface area (Å²) in [5.74, 6) is -0.438. The quantitative estimate of drug-likeness (QED) is 0.559. The molecule has 0 saturated heterocycles. The van der Waals surface area contributed by atoms with E-state index in [0.717, 1.165) is 0 Å². The molecule has 0 bridgehead atoms. The van der Waals surface area contributed by atoms with Gasteiger partial charge in [-0.2, -0.15) is 0 Å². The lowest BCUT2D eigenvalue weighted by Gasteiger charge is -2.07. The topological polar surface area (TPSA) is 40.3 Å². The highest BCUT2D eigenvalue weighted by molar-refractivity contribution is 6.32. The number of aliphatic hydroxyl groups is 1. The van der Waals surface area contributed by atoms with Crippen molar-refractivity contribution in [3.8, 4) is 0 Å². The monoisotopic (exact) mass is 154 g/mol. The summed E-state index contributed by atoms with van der Waals surface area (Å²) in [6.07, 6.45) is 2.97. The first-order valence-corrected chi connectivity index (χ1v) is 3.65. The Morgan fingerprint density at radius 3 is 2.73 bits per heavy atom. The van der Waals surface area contributed by atoms with Crippen LogP contribution in [0.2, 0.25) is 0 Å².